The molecule has 0 saturated heterocycles. The Bertz CT molecular complexity index is 1620. The molecule has 5 aromatic rings. The van der Waals surface area contributed by atoms with Gasteiger partial charge in [-0.2, -0.15) is 0 Å². The molecule has 0 atom stereocenters. The van der Waals surface area contributed by atoms with Crippen molar-refractivity contribution in [2.45, 2.75) is 86.0 Å². The molecule has 0 heteroatoms. The number of rotatable bonds is 12. The van der Waals surface area contributed by atoms with Crippen molar-refractivity contribution in [2.24, 2.45) is 0 Å². The third-order valence-electron chi connectivity index (χ3n) is 9.05. The minimum absolute atomic E-state index is 1.12. The van der Waals surface area contributed by atoms with Crippen molar-refractivity contribution in [3.8, 4) is 44.5 Å². The van der Waals surface area contributed by atoms with Crippen molar-refractivity contribution < 1.29 is 0 Å². The molecule has 43 heavy (non-hydrogen) atoms. The van der Waals surface area contributed by atoms with Crippen LogP contribution in [-0.4, -0.2) is 0 Å². The molecule has 0 spiro atoms. The Kier molecular flexibility index (Phi) is 10.3. The Labute approximate surface area is 260 Å². The van der Waals surface area contributed by atoms with Gasteiger partial charge in [0, 0.05) is 0 Å². The summed E-state index contributed by atoms with van der Waals surface area (Å²) >= 11 is 0. The van der Waals surface area contributed by atoms with E-state index in [9.17, 15) is 0 Å². The third kappa shape index (κ3) is 7.55. The molecule has 0 amide bonds. The summed E-state index contributed by atoms with van der Waals surface area (Å²) in [5.41, 5.74) is 17.6. The number of benzene rings is 5. The monoisotopic (exact) mass is 564 g/mol. The molecule has 0 heterocycles. The Morgan fingerprint density at radius 2 is 0.767 bits per heavy atom. The lowest BCUT2D eigenvalue weighted by Gasteiger charge is -2.18. The van der Waals surface area contributed by atoms with Gasteiger partial charge in [-0.1, -0.05) is 148 Å². The van der Waals surface area contributed by atoms with Crippen LogP contribution in [0.5, 0.6) is 0 Å². The van der Waals surface area contributed by atoms with Crippen LogP contribution < -0.4 is 0 Å². The molecule has 0 fully saturated rings. The lowest BCUT2D eigenvalue weighted by molar-refractivity contribution is 0.713. The second-order valence-corrected chi connectivity index (χ2v) is 12.4. The molecule has 0 aromatic heterocycles. The summed E-state index contributed by atoms with van der Waals surface area (Å²) in [5, 5.41) is 0. The van der Waals surface area contributed by atoms with Crippen LogP contribution in [0, 0.1) is 20.8 Å². The fourth-order valence-corrected chi connectivity index (χ4v) is 6.12. The Morgan fingerprint density at radius 1 is 0.372 bits per heavy atom. The van der Waals surface area contributed by atoms with Gasteiger partial charge in [0.25, 0.3) is 0 Å². The van der Waals surface area contributed by atoms with Crippen molar-refractivity contribution >= 4 is 0 Å². The predicted molar refractivity (Wildman–Crippen MR) is 189 cm³/mol. The number of hydrogen-bond acceptors (Lipinski definition) is 0. The summed E-state index contributed by atoms with van der Waals surface area (Å²) in [6.45, 7) is 11.1. The normalized spacial score (nSPS) is 11.2. The molecule has 0 radical (unpaired) electrons. The molecule has 0 saturated carbocycles. The first kappa shape index (κ1) is 30.6. The fourth-order valence-electron chi connectivity index (χ4n) is 6.12. The minimum Gasteiger partial charge on any atom is -0.0654 e. The van der Waals surface area contributed by atoms with E-state index in [1.54, 1.807) is 0 Å². The molecular formula is C43H48. The van der Waals surface area contributed by atoms with Gasteiger partial charge in [0.2, 0.25) is 0 Å². The van der Waals surface area contributed by atoms with E-state index in [0.29, 0.717) is 0 Å². The molecular weight excluding hydrogens is 516 g/mol. The average molecular weight is 565 g/mol. The van der Waals surface area contributed by atoms with Gasteiger partial charge in [0.1, 0.15) is 0 Å². The molecule has 0 aliphatic heterocycles. The minimum atomic E-state index is 1.12. The molecule has 0 aliphatic carbocycles. The number of aryl methyl sites for hydroxylation is 5. The van der Waals surface area contributed by atoms with Crippen LogP contribution in [0.25, 0.3) is 44.5 Å². The Morgan fingerprint density at radius 3 is 1.21 bits per heavy atom. The van der Waals surface area contributed by atoms with Crippen LogP contribution in [0.1, 0.15) is 80.2 Å². The summed E-state index contributed by atoms with van der Waals surface area (Å²) in [6.07, 6.45) is 9.70. The van der Waals surface area contributed by atoms with Crippen LogP contribution in [0.4, 0.5) is 0 Å². The van der Waals surface area contributed by atoms with Gasteiger partial charge in [-0.05, 0) is 113 Å². The summed E-state index contributed by atoms with van der Waals surface area (Å²) in [5.74, 6) is 0. The Balaban J connectivity index is 1.54. The van der Waals surface area contributed by atoms with Gasteiger partial charge in [-0.15, -0.1) is 0 Å². The zero-order valence-electron chi connectivity index (χ0n) is 27.0. The van der Waals surface area contributed by atoms with Gasteiger partial charge >= 0.3 is 0 Å². The second-order valence-electron chi connectivity index (χ2n) is 12.4. The van der Waals surface area contributed by atoms with E-state index in [-0.39, 0.29) is 0 Å². The SMILES string of the molecule is CCCCCc1cc(-c2ccc(-c3ccc(C)c(C)c3)cc2)c(CCCCC)cc1-c1ccc(-c2ccc(C)cc2)cc1. The van der Waals surface area contributed by atoms with Crippen LogP contribution >= 0.6 is 0 Å². The van der Waals surface area contributed by atoms with E-state index in [4.69, 9.17) is 0 Å². The highest BCUT2D eigenvalue weighted by Crippen LogP contribution is 2.36. The van der Waals surface area contributed by atoms with Crippen LogP contribution in [-0.2, 0) is 12.8 Å². The van der Waals surface area contributed by atoms with E-state index < -0.39 is 0 Å². The van der Waals surface area contributed by atoms with Gasteiger partial charge in [-0.25, -0.2) is 0 Å². The molecule has 0 N–H and O–H groups in total. The van der Waals surface area contributed by atoms with E-state index in [0.717, 1.165) is 12.8 Å². The smallest absolute Gasteiger partial charge is 0.0149 e. The van der Waals surface area contributed by atoms with E-state index in [1.165, 1.54) is 111 Å². The summed E-state index contributed by atoms with van der Waals surface area (Å²) in [7, 11) is 0. The highest BCUT2D eigenvalue weighted by Gasteiger charge is 2.14. The molecule has 0 aliphatic rings. The van der Waals surface area contributed by atoms with Crippen molar-refractivity contribution in [3.63, 3.8) is 0 Å². The van der Waals surface area contributed by atoms with Crippen molar-refractivity contribution in [3.05, 3.63) is 131 Å². The number of unbranched alkanes of at least 4 members (excludes halogenated alkanes) is 4. The van der Waals surface area contributed by atoms with Gasteiger partial charge in [0.05, 0.1) is 0 Å². The van der Waals surface area contributed by atoms with Gasteiger partial charge in [-0.3, -0.25) is 0 Å². The van der Waals surface area contributed by atoms with E-state index in [1.807, 2.05) is 0 Å². The lowest BCUT2D eigenvalue weighted by atomic mass is 9.86. The maximum Gasteiger partial charge on any atom is -0.0149 e. The lowest BCUT2D eigenvalue weighted by Crippen LogP contribution is -1.98. The van der Waals surface area contributed by atoms with Crippen molar-refractivity contribution in [1.82, 2.24) is 0 Å². The zero-order valence-corrected chi connectivity index (χ0v) is 27.0. The molecule has 5 aromatic carbocycles. The Hall–Kier alpha value is -3.90. The van der Waals surface area contributed by atoms with Crippen LogP contribution in [0.2, 0.25) is 0 Å². The summed E-state index contributed by atoms with van der Waals surface area (Å²) in [4.78, 5) is 0. The maximum absolute atomic E-state index is 2.53. The maximum atomic E-state index is 2.53. The molecule has 0 nitrogen and oxygen atoms in total. The highest BCUT2D eigenvalue weighted by atomic mass is 14.2. The predicted octanol–water partition coefficient (Wildman–Crippen LogP) is 12.7. The van der Waals surface area contributed by atoms with Gasteiger partial charge < -0.3 is 0 Å². The zero-order chi connectivity index (χ0) is 30.2. The first-order valence-corrected chi connectivity index (χ1v) is 16.5. The van der Waals surface area contributed by atoms with E-state index in [2.05, 4.69) is 138 Å². The topological polar surface area (TPSA) is 0 Å². The molecule has 0 unspecified atom stereocenters. The van der Waals surface area contributed by atoms with Gasteiger partial charge in [0.15, 0.2) is 0 Å². The third-order valence-corrected chi connectivity index (χ3v) is 9.05. The van der Waals surface area contributed by atoms with Crippen molar-refractivity contribution in [2.75, 3.05) is 0 Å². The summed E-state index contributed by atoms with van der Waals surface area (Å²) in [6, 6.07) is 39.3. The summed E-state index contributed by atoms with van der Waals surface area (Å²) < 4.78 is 0. The molecule has 0 bridgehead atoms. The first-order valence-electron chi connectivity index (χ1n) is 16.5. The average Bonchev–Trinajstić information content (AvgIpc) is 3.03. The molecule has 5 rings (SSSR count). The highest BCUT2D eigenvalue weighted by molar-refractivity contribution is 5.79. The van der Waals surface area contributed by atoms with Crippen molar-refractivity contribution in [1.29, 1.82) is 0 Å². The first-order chi connectivity index (χ1) is 21.0. The molecule has 220 valence electrons. The largest absolute Gasteiger partial charge is 0.0654 e. The quantitative estimate of drug-likeness (QED) is 0.132. The fraction of sp³-hybridized carbons (Fsp3) is 0.302. The van der Waals surface area contributed by atoms with Crippen LogP contribution in [0.15, 0.2) is 103 Å². The number of hydrogen-bond donors (Lipinski definition) is 0. The van der Waals surface area contributed by atoms with E-state index >= 15 is 0 Å². The standard InChI is InChI=1S/C43H48/c1-6-8-10-12-40-30-43(38-26-22-36(23-27-38)39-19-16-32(4)33(5)28-39)41(13-11-9-7-2)29-42(40)37-24-20-35(21-25-37)34-17-14-31(3)15-18-34/h14-30H,6-13H2,1-5H3. The van der Waals surface area contributed by atoms with Crippen LogP contribution in [0.3, 0.4) is 0 Å². The second kappa shape index (κ2) is 14.5.